The Morgan fingerprint density at radius 1 is 0.397 bits per heavy atom. The minimum Gasteiger partial charge on any atom is -0.262 e. The van der Waals surface area contributed by atoms with Crippen molar-refractivity contribution < 1.29 is 16.8 Å². The van der Waals surface area contributed by atoms with Crippen LogP contribution < -0.4 is 8.61 Å². The normalized spacial score (nSPS) is 15.1. The molecule has 6 nitrogen and oxygen atoms in total. The molecule has 0 N–H and O–H groups in total. The molecule has 0 amide bonds. The molecular formula is C60H54N2O4S2. The highest BCUT2D eigenvalue weighted by Crippen LogP contribution is 2.41. The van der Waals surface area contributed by atoms with Gasteiger partial charge >= 0.3 is 0 Å². The van der Waals surface area contributed by atoms with Crippen molar-refractivity contribution in [2.24, 2.45) is 0 Å². The van der Waals surface area contributed by atoms with Gasteiger partial charge in [0.25, 0.3) is 20.0 Å². The van der Waals surface area contributed by atoms with Gasteiger partial charge in [0.15, 0.2) is 0 Å². The van der Waals surface area contributed by atoms with Gasteiger partial charge in [-0.05, 0) is 120 Å². The van der Waals surface area contributed by atoms with Crippen molar-refractivity contribution in [1.82, 2.24) is 0 Å². The summed E-state index contributed by atoms with van der Waals surface area (Å²) in [4.78, 5) is 0.658. The van der Waals surface area contributed by atoms with E-state index in [1.165, 1.54) is 0 Å². The Hall–Kier alpha value is -7.26. The van der Waals surface area contributed by atoms with E-state index in [0.29, 0.717) is 35.5 Å². The standard InChI is InChI=1S/2C30H27NO2S/c2*1-23-16-19-28(20-17-23)34(32,33)31-27(22-26-14-8-9-15-30(26)31)18-21-29(24-10-4-2-5-11-24)25-12-6-3-7-13-25/h2*2-17,19-21,27H,18,22H2,1H3/t2*27-/m11/s1. The van der Waals surface area contributed by atoms with Gasteiger partial charge in [-0.1, -0.05) is 205 Å². The molecule has 2 aliphatic heterocycles. The van der Waals surface area contributed by atoms with Crippen LogP contribution in [0, 0.1) is 13.8 Å². The molecule has 0 spiro atoms. The first-order chi connectivity index (χ1) is 33.1. The van der Waals surface area contributed by atoms with Gasteiger partial charge in [0, 0.05) is 0 Å². The fourth-order valence-corrected chi connectivity index (χ4v) is 12.7. The predicted octanol–water partition coefficient (Wildman–Crippen LogP) is 13.3. The molecule has 2 heterocycles. The van der Waals surface area contributed by atoms with Gasteiger partial charge in [-0.25, -0.2) is 16.8 Å². The summed E-state index contributed by atoms with van der Waals surface area (Å²) >= 11 is 0. The van der Waals surface area contributed by atoms with Gasteiger partial charge in [-0.2, -0.15) is 0 Å². The van der Waals surface area contributed by atoms with Crippen molar-refractivity contribution in [2.75, 3.05) is 8.61 Å². The summed E-state index contributed by atoms with van der Waals surface area (Å²) in [6, 6.07) is 70.7. The Kier molecular flexibility index (Phi) is 13.7. The number of para-hydroxylation sites is 2. The van der Waals surface area contributed by atoms with Crippen LogP contribution >= 0.6 is 0 Å². The fraction of sp³-hybridized carbons (Fsp3) is 0.133. The third-order valence-electron chi connectivity index (χ3n) is 12.7. The van der Waals surface area contributed by atoms with Crippen LogP contribution in [0.3, 0.4) is 0 Å². The highest BCUT2D eigenvalue weighted by Gasteiger charge is 2.39. The van der Waals surface area contributed by atoms with Crippen molar-refractivity contribution in [3.05, 3.63) is 275 Å². The van der Waals surface area contributed by atoms with Crippen molar-refractivity contribution in [3.8, 4) is 0 Å². The van der Waals surface area contributed by atoms with Crippen LogP contribution in [0.1, 0.15) is 57.3 Å². The van der Waals surface area contributed by atoms with E-state index in [4.69, 9.17) is 0 Å². The zero-order chi connectivity index (χ0) is 47.1. The largest absolute Gasteiger partial charge is 0.264 e. The summed E-state index contributed by atoms with van der Waals surface area (Å²) in [7, 11) is -7.38. The highest BCUT2D eigenvalue weighted by atomic mass is 32.2. The maximum absolute atomic E-state index is 13.8. The minimum atomic E-state index is -3.69. The van der Waals surface area contributed by atoms with Crippen LogP contribution in [0.4, 0.5) is 11.4 Å². The third-order valence-corrected chi connectivity index (χ3v) is 16.5. The van der Waals surface area contributed by atoms with Crippen LogP contribution in [0.15, 0.2) is 240 Å². The number of rotatable bonds is 12. The van der Waals surface area contributed by atoms with Crippen LogP contribution in [0.5, 0.6) is 0 Å². The maximum Gasteiger partial charge on any atom is 0.264 e. The minimum absolute atomic E-state index is 0.189. The lowest BCUT2D eigenvalue weighted by Gasteiger charge is -2.27. The molecule has 8 aromatic carbocycles. The molecule has 0 radical (unpaired) electrons. The quantitative estimate of drug-likeness (QED) is 0.122. The Balaban J connectivity index is 0.000000170. The summed E-state index contributed by atoms with van der Waals surface area (Å²) in [6.45, 7) is 3.92. The molecule has 0 saturated heterocycles. The van der Waals surface area contributed by atoms with Gasteiger partial charge in [0.1, 0.15) is 0 Å². The van der Waals surface area contributed by atoms with E-state index in [-0.39, 0.29) is 12.1 Å². The molecule has 2 aliphatic rings. The summed E-state index contributed by atoms with van der Waals surface area (Å²) in [5.41, 5.74) is 12.5. The first kappa shape index (κ1) is 45.9. The Morgan fingerprint density at radius 2 is 0.676 bits per heavy atom. The molecule has 10 rings (SSSR count). The lowest BCUT2D eigenvalue weighted by Crippen LogP contribution is -2.37. The summed E-state index contributed by atoms with van der Waals surface area (Å²) in [5, 5.41) is 0. The molecule has 0 fully saturated rings. The van der Waals surface area contributed by atoms with Gasteiger partial charge in [0.2, 0.25) is 0 Å². The molecule has 68 heavy (non-hydrogen) atoms. The predicted molar refractivity (Wildman–Crippen MR) is 279 cm³/mol. The van der Waals surface area contributed by atoms with E-state index in [1.807, 2.05) is 159 Å². The second-order valence-corrected chi connectivity index (χ2v) is 21.0. The van der Waals surface area contributed by atoms with E-state index < -0.39 is 20.0 Å². The van der Waals surface area contributed by atoms with Gasteiger partial charge in [-0.3, -0.25) is 8.61 Å². The van der Waals surface area contributed by atoms with Gasteiger partial charge < -0.3 is 0 Å². The van der Waals surface area contributed by atoms with E-state index in [2.05, 4.69) is 60.7 Å². The number of hydrogen-bond acceptors (Lipinski definition) is 4. The van der Waals surface area contributed by atoms with Crippen molar-refractivity contribution >= 4 is 42.6 Å². The lowest BCUT2D eigenvalue weighted by molar-refractivity contribution is 0.577. The number of aryl methyl sites for hydroxylation is 2. The summed E-state index contributed by atoms with van der Waals surface area (Å²) < 4.78 is 58.5. The summed E-state index contributed by atoms with van der Waals surface area (Å²) in [6.07, 6.45) is 6.98. The molecule has 8 heteroatoms. The molecule has 0 aliphatic carbocycles. The van der Waals surface area contributed by atoms with Crippen molar-refractivity contribution in [2.45, 2.75) is 61.4 Å². The molecule has 0 unspecified atom stereocenters. The smallest absolute Gasteiger partial charge is 0.262 e. The zero-order valence-electron chi connectivity index (χ0n) is 38.3. The number of sulfonamides is 2. The number of benzene rings is 8. The Labute approximate surface area is 402 Å². The molecule has 340 valence electrons. The second kappa shape index (κ2) is 20.3. The van der Waals surface area contributed by atoms with Gasteiger partial charge in [-0.15, -0.1) is 0 Å². The Bertz CT molecular complexity index is 2960. The van der Waals surface area contributed by atoms with Crippen LogP contribution in [-0.2, 0) is 32.9 Å². The first-order valence-corrected chi connectivity index (χ1v) is 26.0. The second-order valence-electron chi connectivity index (χ2n) is 17.4. The molecular weight excluding hydrogens is 877 g/mol. The van der Waals surface area contributed by atoms with Crippen molar-refractivity contribution in [1.29, 1.82) is 0 Å². The number of hydrogen-bond donors (Lipinski definition) is 0. The SMILES string of the molecule is Cc1ccc(S(=O)(=O)N2c3ccccc3C[C@H]2CC=C(c2ccccc2)c2ccccc2)cc1.Cc1ccc(S(=O)(=O)N2c3ccccc3C[C@H]2CC=C(c2ccccc2)c2ccccc2)cc1. The summed E-state index contributed by atoms with van der Waals surface area (Å²) in [5.74, 6) is 0. The highest BCUT2D eigenvalue weighted by molar-refractivity contribution is 7.93. The number of fused-ring (bicyclic) bond motifs is 2. The third kappa shape index (κ3) is 9.89. The van der Waals surface area contributed by atoms with E-state index >= 15 is 0 Å². The Morgan fingerprint density at radius 3 is 0.985 bits per heavy atom. The van der Waals surface area contributed by atoms with E-state index in [0.717, 1.165) is 67.0 Å². The van der Waals surface area contributed by atoms with Crippen LogP contribution in [0.2, 0.25) is 0 Å². The topological polar surface area (TPSA) is 74.8 Å². The molecule has 0 saturated carbocycles. The number of anilines is 2. The molecule has 0 bridgehead atoms. The average molecular weight is 931 g/mol. The van der Waals surface area contributed by atoms with Crippen LogP contribution in [-0.4, -0.2) is 28.9 Å². The van der Waals surface area contributed by atoms with E-state index in [1.54, 1.807) is 32.9 Å². The lowest BCUT2D eigenvalue weighted by atomic mass is 9.95. The zero-order valence-corrected chi connectivity index (χ0v) is 39.9. The maximum atomic E-state index is 13.8. The number of nitrogens with zero attached hydrogens (tertiary/aromatic N) is 2. The van der Waals surface area contributed by atoms with Crippen molar-refractivity contribution in [3.63, 3.8) is 0 Å². The monoisotopic (exact) mass is 930 g/mol. The average Bonchev–Trinajstić information content (AvgIpc) is 3.95. The van der Waals surface area contributed by atoms with Crippen LogP contribution in [0.25, 0.3) is 11.1 Å². The van der Waals surface area contributed by atoms with E-state index in [9.17, 15) is 16.8 Å². The molecule has 0 aromatic heterocycles. The molecule has 2 atom stereocenters. The fourth-order valence-electron chi connectivity index (χ4n) is 9.30. The first-order valence-electron chi connectivity index (χ1n) is 23.1. The molecule has 8 aromatic rings. The van der Waals surface area contributed by atoms with Gasteiger partial charge in [0.05, 0.1) is 33.2 Å².